The zero-order valence-corrected chi connectivity index (χ0v) is 11.6. The van der Waals surface area contributed by atoms with Gasteiger partial charge in [0.15, 0.2) is 5.16 Å². The highest BCUT2D eigenvalue weighted by Crippen LogP contribution is 2.30. The van der Waals surface area contributed by atoms with E-state index in [1.807, 2.05) is 12.3 Å². The Labute approximate surface area is 116 Å². The van der Waals surface area contributed by atoms with Crippen LogP contribution in [0, 0.1) is 0 Å². The van der Waals surface area contributed by atoms with Gasteiger partial charge in [-0.05, 0) is 36.2 Å². The van der Waals surface area contributed by atoms with Gasteiger partial charge in [0.05, 0.1) is 0 Å². The van der Waals surface area contributed by atoms with Crippen molar-refractivity contribution >= 4 is 11.8 Å². The first-order valence-corrected chi connectivity index (χ1v) is 7.43. The third kappa shape index (κ3) is 2.64. The molecule has 0 saturated heterocycles. The number of nitrogens with zero attached hydrogens (tertiary/aromatic N) is 4. The van der Waals surface area contributed by atoms with Crippen molar-refractivity contribution in [3.8, 4) is 0 Å². The fourth-order valence-corrected chi connectivity index (χ4v) is 3.28. The molecule has 2 aromatic rings. The number of pyridine rings is 1. The zero-order chi connectivity index (χ0) is 13.1. The molecule has 3 heterocycles. The smallest absolute Gasteiger partial charge is 0.196 e. The summed E-state index contributed by atoms with van der Waals surface area (Å²) < 4.78 is 2.24. The van der Waals surface area contributed by atoms with Gasteiger partial charge < -0.3 is 10.3 Å². The second-order valence-corrected chi connectivity index (χ2v) is 5.66. The van der Waals surface area contributed by atoms with Gasteiger partial charge in [-0.1, -0.05) is 6.42 Å². The molecule has 0 atom stereocenters. The summed E-state index contributed by atoms with van der Waals surface area (Å²) >= 11 is 1.62. The molecule has 0 spiro atoms. The van der Waals surface area contributed by atoms with Gasteiger partial charge in [0.1, 0.15) is 5.82 Å². The second kappa shape index (κ2) is 5.71. The van der Waals surface area contributed by atoms with Crippen molar-refractivity contribution < 1.29 is 0 Å². The van der Waals surface area contributed by atoms with Gasteiger partial charge in [0.2, 0.25) is 0 Å². The predicted molar refractivity (Wildman–Crippen MR) is 73.8 cm³/mol. The lowest BCUT2D eigenvalue weighted by molar-refractivity contribution is 0.591. The summed E-state index contributed by atoms with van der Waals surface area (Å²) in [7, 11) is 0. The number of fused-ring (bicyclic) bond motifs is 1. The fraction of sp³-hybridized carbons (Fsp3) is 0.462. The number of aromatic nitrogens is 4. The largest absolute Gasteiger partial charge is 0.326 e. The molecule has 19 heavy (non-hydrogen) atoms. The topological polar surface area (TPSA) is 69.6 Å². The molecule has 0 aromatic carbocycles. The van der Waals surface area contributed by atoms with Crippen molar-refractivity contribution in [3.05, 3.63) is 29.8 Å². The van der Waals surface area contributed by atoms with E-state index in [9.17, 15) is 0 Å². The van der Waals surface area contributed by atoms with Crippen molar-refractivity contribution in [2.75, 3.05) is 0 Å². The highest BCUT2D eigenvalue weighted by Gasteiger charge is 2.16. The first-order chi connectivity index (χ1) is 9.38. The number of hydrogen-bond acceptors (Lipinski definition) is 5. The van der Waals surface area contributed by atoms with Crippen LogP contribution in [-0.4, -0.2) is 19.7 Å². The van der Waals surface area contributed by atoms with Gasteiger partial charge >= 0.3 is 0 Å². The summed E-state index contributed by atoms with van der Waals surface area (Å²) in [5.41, 5.74) is 6.86. The van der Waals surface area contributed by atoms with E-state index in [2.05, 4.69) is 19.7 Å². The van der Waals surface area contributed by atoms with E-state index in [-0.39, 0.29) is 0 Å². The average Bonchev–Trinajstić information content (AvgIpc) is 2.68. The molecule has 0 saturated carbocycles. The quantitative estimate of drug-likeness (QED) is 0.928. The van der Waals surface area contributed by atoms with Gasteiger partial charge in [-0.2, -0.15) is 0 Å². The molecule has 2 N–H and O–H groups in total. The molecular formula is C13H17N5S. The van der Waals surface area contributed by atoms with Gasteiger partial charge in [0, 0.05) is 36.8 Å². The number of hydrogen-bond donors (Lipinski definition) is 1. The van der Waals surface area contributed by atoms with E-state index in [4.69, 9.17) is 5.73 Å². The van der Waals surface area contributed by atoms with E-state index in [0.29, 0.717) is 6.54 Å². The van der Waals surface area contributed by atoms with Crippen LogP contribution in [0.5, 0.6) is 0 Å². The molecule has 5 nitrogen and oxygen atoms in total. The van der Waals surface area contributed by atoms with E-state index >= 15 is 0 Å². The standard InChI is InChI=1S/C13H17N5S/c14-8-10-5-6-15-9-11(10)19-13-17-16-12-4-2-1-3-7-18(12)13/h5-6,9H,1-4,7-8,14H2. The fourth-order valence-electron chi connectivity index (χ4n) is 2.30. The molecule has 6 heteroatoms. The minimum absolute atomic E-state index is 0.520. The van der Waals surface area contributed by atoms with Crippen LogP contribution in [0.15, 0.2) is 28.5 Å². The first kappa shape index (κ1) is 12.6. The number of rotatable bonds is 3. The summed E-state index contributed by atoms with van der Waals surface area (Å²) in [4.78, 5) is 5.24. The molecule has 1 aliphatic heterocycles. The maximum absolute atomic E-state index is 5.76. The maximum Gasteiger partial charge on any atom is 0.196 e. The summed E-state index contributed by atoms with van der Waals surface area (Å²) in [6.45, 7) is 1.54. The Bertz CT molecular complexity index is 566. The van der Waals surface area contributed by atoms with E-state index in [1.54, 1.807) is 18.0 Å². The molecule has 0 bridgehead atoms. The Balaban J connectivity index is 1.89. The zero-order valence-electron chi connectivity index (χ0n) is 10.7. The lowest BCUT2D eigenvalue weighted by Gasteiger charge is -2.08. The van der Waals surface area contributed by atoms with Crippen molar-refractivity contribution in [2.45, 2.75) is 48.8 Å². The van der Waals surface area contributed by atoms with E-state index < -0.39 is 0 Å². The second-order valence-electron chi connectivity index (χ2n) is 4.65. The van der Waals surface area contributed by atoms with Crippen LogP contribution in [0.2, 0.25) is 0 Å². The summed E-state index contributed by atoms with van der Waals surface area (Å²) in [5, 5.41) is 9.58. The van der Waals surface area contributed by atoms with Crippen molar-refractivity contribution in [2.24, 2.45) is 5.73 Å². The Morgan fingerprint density at radius 3 is 3.11 bits per heavy atom. The predicted octanol–water partition coefficient (Wildman–Crippen LogP) is 2.01. The van der Waals surface area contributed by atoms with Crippen LogP contribution < -0.4 is 5.73 Å². The number of aryl methyl sites for hydroxylation is 1. The molecule has 100 valence electrons. The lowest BCUT2D eigenvalue weighted by Crippen LogP contribution is -2.03. The molecule has 0 aliphatic carbocycles. The van der Waals surface area contributed by atoms with Crippen molar-refractivity contribution in [3.63, 3.8) is 0 Å². The Kier molecular flexibility index (Phi) is 3.79. The summed E-state index contributed by atoms with van der Waals surface area (Å²) in [5.74, 6) is 1.11. The molecule has 3 rings (SSSR count). The van der Waals surface area contributed by atoms with Crippen LogP contribution in [0.3, 0.4) is 0 Å². The summed E-state index contributed by atoms with van der Waals surface area (Å²) in [6.07, 6.45) is 8.35. The Morgan fingerprint density at radius 1 is 1.26 bits per heavy atom. The minimum atomic E-state index is 0.520. The average molecular weight is 275 g/mol. The third-order valence-electron chi connectivity index (χ3n) is 3.37. The van der Waals surface area contributed by atoms with E-state index in [1.165, 1.54) is 19.3 Å². The molecule has 0 radical (unpaired) electrons. The minimum Gasteiger partial charge on any atom is -0.326 e. The van der Waals surface area contributed by atoms with Crippen LogP contribution in [0.25, 0.3) is 0 Å². The van der Waals surface area contributed by atoms with Crippen molar-refractivity contribution in [1.82, 2.24) is 19.7 Å². The van der Waals surface area contributed by atoms with Crippen LogP contribution in [-0.2, 0) is 19.5 Å². The maximum atomic E-state index is 5.76. The molecule has 1 aliphatic rings. The number of nitrogens with two attached hydrogens (primary N) is 1. The van der Waals surface area contributed by atoms with Crippen LogP contribution in [0.4, 0.5) is 0 Å². The normalized spacial score (nSPS) is 15.0. The third-order valence-corrected chi connectivity index (χ3v) is 4.44. The highest BCUT2D eigenvalue weighted by molar-refractivity contribution is 7.99. The monoisotopic (exact) mass is 275 g/mol. The Morgan fingerprint density at radius 2 is 2.21 bits per heavy atom. The lowest BCUT2D eigenvalue weighted by atomic mass is 10.2. The summed E-state index contributed by atoms with van der Waals surface area (Å²) in [6, 6.07) is 1.96. The van der Waals surface area contributed by atoms with E-state index in [0.717, 1.165) is 34.4 Å². The van der Waals surface area contributed by atoms with Gasteiger partial charge in [-0.25, -0.2) is 0 Å². The molecule has 2 aromatic heterocycles. The molecule has 0 unspecified atom stereocenters. The van der Waals surface area contributed by atoms with Gasteiger partial charge in [-0.15, -0.1) is 10.2 Å². The molecular weight excluding hydrogens is 258 g/mol. The molecule has 0 fully saturated rings. The molecule has 0 amide bonds. The Hall–Kier alpha value is -1.40. The van der Waals surface area contributed by atoms with Crippen LogP contribution >= 0.6 is 11.8 Å². The highest BCUT2D eigenvalue weighted by atomic mass is 32.2. The van der Waals surface area contributed by atoms with Gasteiger partial charge in [-0.3, -0.25) is 4.98 Å². The van der Waals surface area contributed by atoms with Crippen LogP contribution in [0.1, 0.15) is 30.7 Å². The SMILES string of the molecule is NCc1ccncc1Sc1nnc2n1CCCCC2. The first-order valence-electron chi connectivity index (χ1n) is 6.61. The van der Waals surface area contributed by atoms with Crippen molar-refractivity contribution in [1.29, 1.82) is 0 Å². The van der Waals surface area contributed by atoms with Gasteiger partial charge in [0.25, 0.3) is 0 Å².